The Hall–Kier alpha value is -8.12. The third-order valence-electron chi connectivity index (χ3n) is 16.6. The van der Waals surface area contributed by atoms with Crippen molar-refractivity contribution >= 4 is 147 Å². The number of aliphatic carboxylic acids is 2. The highest BCUT2D eigenvalue weighted by Gasteiger charge is 2.32. The quantitative estimate of drug-likeness (QED) is 0.0275. The van der Waals surface area contributed by atoms with E-state index in [1.165, 1.54) is 79.9 Å². The van der Waals surface area contributed by atoms with E-state index in [9.17, 15) is 74.1 Å². The van der Waals surface area contributed by atoms with Crippen LogP contribution < -0.4 is 21.7 Å². The fraction of sp³-hybridized carbons (Fsp3) is 0.292. The number of ether oxygens (including phenoxy) is 1. The van der Waals surface area contributed by atoms with Crippen LogP contribution in [0.3, 0.4) is 0 Å². The van der Waals surface area contributed by atoms with E-state index in [1.54, 1.807) is 59.5 Å². The Kier molecular flexibility index (Phi) is 30.4. The Balaban J connectivity index is 0.000000235. The number of carbonyl (C=O) groups excluding carboxylic acids is 4. The molecule has 3 amide bonds. The van der Waals surface area contributed by atoms with E-state index in [4.69, 9.17) is 80.4 Å². The van der Waals surface area contributed by atoms with Gasteiger partial charge in [-0.1, -0.05) is 132 Å². The van der Waals surface area contributed by atoms with Gasteiger partial charge in [0.15, 0.2) is 29.5 Å². The Morgan fingerprint density at radius 1 is 0.567 bits per heavy atom. The normalized spacial score (nSPS) is 14.0. The summed E-state index contributed by atoms with van der Waals surface area (Å²) >= 11 is 37.7. The van der Waals surface area contributed by atoms with E-state index in [2.05, 4.69) is 20.7 Å². The molecule has 32 heteroatoms. The second kappa shape index (κ2) is 37.2. The molecule has 9 N–H and O–H groups in total. The minimum atomic E-state index is -3.50. The van der Waals surface area contributed by atoms with Crippen molar-refractivity contribution in [1.29, 1.82) is 0 Å². The van der Waals surface area contributed by atoms with Gasteiger partial charge < -0.3 is 51.7 Å². The van der Waals surface area contributed by atoms with Gasteiger partial charge in [-0.3, -0.25) is 19.2 Å². The summed E-state index contributed by atoms with van der Waals surface area (Å²) in [6.45, 7) is 1.80. The second-order valence-corrected chi connectivity index (χ2v) is 32.5. The molecule has 0 radical (unpaired) electrons. The zero-order valence-electron chi connectivity index (χ0n) is 55.6. The zero-order chi connectivity index (χ0) is 76.0. The summed E-state index contributed by atoms with van der Waals surface area (Å²) < 4.78 is 74.4. The van der Waals surface area contributed by atoms with Crippen molar-refractivity contribution in [3.05, 3.63) is 224 Å². The summed E-state index contributed by atoms with van der Waals surface area (Å²) in [5.41, 5.74) is 12.7. The molecule has 556 valence electrons. The van der Waals surface area contributed by atoms with Crippen LogP contribution in [0.1, 0.15) is 107 Å². The van der Waals surface area contributed by atoms with Gasteiger partial charge in [-0.05, 0) is 168 Å². The first kappa shape index (κ1) is 84.8. The summed E-state index contributed by atoms with van der Waals surface area (Å²) in [4.78, 5) is 86.5. The number of nitrogens with two attached hydrogens (primary N) is 1. The smallest absolute Gasteiger partial charge is 0.338 e. The summed E-state index contributed by atoms with van der Waals surface area (Å²) in [7, 11) is -8.93. The van der Waals surface area contributed by atoms with E-state index in [1.807, 2.05) is 0 Å². The van der Waals surface area contributed by atoms with Crippen molar-refractivity contribution < 1.29 is 84.0 Å². The third-order valence-corrected chi connectivity index (χ3v) is 22.0. The number of aromatic hydroxyl groups is 1. The number of hydrogen-bond donors (Lipinski definition) is 8. The molecule has 7 aromatic rings. The first-order chi connectivity index (χ1) is 48.4. The van der Waals surface area contributed by atoms with Gasteiger partial charge in [0.25, 0.3) is 11.8 Å². The number of methoxy groups -OCH3 is 1. The number of phenols is 1. The molecule has 3 atom stereocenters. The molecule has 0 saturated heterocycles. The average Bonchev–Trinajstić information content (AvgIpc) is 1.14. The number of fused-ring (bicyclic) bond motifs is 3. The Bertz CT molecular complexity index is 4850. The first-order valence-corrected chi connectivity index (χ1v) is 39.3. The summed E-state index contributed by atoms with van der Waals surface area (Å²) in [6, 6.07) is 26.2. The number of nitrogens with zero attached hydrogens (tertiary/aromatic N) is 1. The number of amides is 3. The maximum Gasteiger partial charge on any atom is 0.338 e. The SMILES string of the molecule is C.COC(=O)[C@@H](N)Cc1cccc(S(C)(=O)=O)c1.CS(=O)(=O)c1cccc(C[C@H](NC(=O)c2c(Cl)cc3c(c2Cl)CCN(C(=O)/C=C/c2ccccc2O)C3)C(=O)O)c1.CS(=O)(=O)c1cccc(C[C@H](NC(=O)c2c(Cl)cc3c(c2Cl)CCNC3)C(=O)O)c1.O=C(O)c1c(Cl)cc2c(c1Cl)CCCC2. The number of aryl methyl sites for hydroxylation is 1. The monoisotopic (exact) mass is 1600 g/mol. The van der Waals surface area contributed by atoms with Gasteiger partial charge in [-0.15, -0.1) is 0 Å². The number of benzene rings is 7. The molecule has 0 bridgehead atoms. The minimum absolute atomic E-state index is 0. The average molecular weight is 1610 g/mol. The predicted octanol–water partition coefficient (Wildman–Crippen LogP) is 10.9. The van der Waals surface area contributed by atoms with Crippen LogP contribution in [0.15, 0.2) is 136 Å². The third kappa shape index (κ3) is 22.7. The topological polar surface area (TPSA) is 377 Å². The van der Waals surface area contributed by atoms with Crippen LogP contribution >= 0.6 is 69.6 Å². The highest BCUT2D eigenvalue weighted by Crippen LogP contribution is 2.38. The van der Waals surface area contributed by atoms with Crippen molar-refractivity contribution in [2.45, 2.75) is 111 Å². The number of halogens is 6. The summed E-state index contributed by atoms with van der Waals surface area (Å²) in [5, 5.41) is 47.3. The lowest BCUT2D eigenvalue weighted by Gasteiger charge is -2.29. The lowest BCUT2D eigenvalue weighted by atomic mass is 9.90. The fourth-order valence-corrected chi connectivity index (χ4v) is 15.6. The van der Waals surface area contributed by atoms with Gasteiger partial charge in [0, 0.05) is 62.9 Å². The van der Waals surface area contributed by atoms with Gasteiger partial charge in [0.05, 0.1) is 68.6 Å². The van der Waals surface area contributed by atoms with Crippen LogP contribution in [0.5, 0.6) is 5.75 Å². The number of esters is 1. The first-order valence-electron chi connectivity index (χ1n) is 31.3. The molecule has 0 fully saturated rings. The predicted molar refractivity (Wildman–Crippen MR) is 399 cm³/mol. The molecule has 0 unspecified atom stereocenters. The number of sulfone groups is 3. The van der Waals surface area contributed by atoms with Crippen LogP contribution in [0.25, 0.3) is 6.08 Å². The second-order valence-electron chi connectivity index (χ2n) is 24.1. The summed E-state index contributed by atoms with van der Waals surface area (Å²) in [5.74, 6) is -5.87. The van der Waals surface area contributed by atoms with Crippen LogP contribution in [-0.4, -0.2) is 149 Å². The molecule has 23 nitrogen and oxygen atoms in total. The number of para-hydroxylation sites is 1. The van der Waals surface area contributed by atoms with Gasteiger partial charge in [0.2, 0.25) is 5.91 Å². The van der Waals surface area contributed by atoms with Crippen molar-refractivity contribution in [3.63, 3.8) is 0 Å². The number of phenolic OH excluding ortho intramolecular Hbond substituents is 1. The van der Waals surface area contributed by atoms with Crippen molar-refractivity contribution in [1.82, 2.24) is 20.9 Å². The number of carboxylic acids is 3. The highest BCUT2D eigenvalue weighted by molar-refractivity contribution is 7.91. The van der Waals surface area contributed by atoms with E-state index in [-0.39, 0.29) is 101 Å². The largest absolute Gasteiger partial charge is 0.507 e. The number of carbonyl (C=O) groups is 7. The molecule has 10 rings (SSSR count). The van der Waals surface area contributed by atoms with Gasteiger partial charge in [0.1, 0.15) is 23.9 Å². The lowest BCUT2D eigenvalue weighted by molar-refractivity contribution is -0.142. The van der Waals surface area contributed by atoms with Crippen LogP contribution in [0.2, 0.25) is 30.1 Å². The van der Waals surface area contributed by atoms with E-state index in [0.29, 0.717) is 70.9 Å². The van der Waals surface area contributed by atoms with Crippen molar-refractivity contribution in [3.8, 4) is 5.75 Å². The van der Waals surface area contributed by atoms with Gasteiger partial charge in [-0.25, -0.2) is 39.6 Å². The molecule has 0 spiro atoms. The number of rotatable bonds is 19. The Morgan fingerprint density at radius 2 is 1.00 bits per heavy atom. The van der Waals surface area contributed by atoms with Gasteiger partial charge in [-0.2, -0.15) is 0 Å². The maximum absolute atomic E-state index is 13.2. The summed E-state index contributed by atoms with van der Waals surface area (Å²) in [6.07, 6.45) is 11.0. The van der Waals surface area contributed by atoms with Crippen molar-refractivity contribution in [2.75, 3.05) is 39.0 Å². The van der Waals surface area contributed by atoms with E-state index >= 15 is 0 Å². The van der Waals surface area contributed by atoms with Gasteiger partial charge >= 0.3 is 23.9 Å². The lowest BCUT2D eigenvalue weighted by Crippen LogP contribution is -2.42. The van der Waals surface area contributed by atoms with E-state index in [0.717, 1.165) is 66.7 Å². The standard InChI is InChI=1S/C29H26Cl2N2O7S.C20H20Cl2N2O5S.C11H10Cl2O2.C11H15NO4S.CH4/c1-41(39,40)20-7-4-5-17(13-20)14-23(29(37)38)32-28(36)26-22(30)15-19-16-33(12-11-21(19)27(26)31)25(35)10-9-18-6-2-3-8-24(18)34;1-30(28,29)13-4-2-3-11(7-13)8-16(20(26)27)24-19(25)17-15(21)9-12-10-23-6-5-14(12)18(17)22;12-8-5-6-3-1-2-4-7(6)10(13)9(8)11(14)15;1-16-11(13)10(12)7-8-4-3-5-9(6-8)17(2,14)15;/h2-10,13,15,23,34H,11-12,14,16H2,1H3,(H,32,36)(H,37,38);2-4,7,9,16,23H,5-6,8,10H2,1H3,(H,24,25)(H,26,27);5H,1-4H2,(H,14,15);3-6,10H,7,12H2,1-2H3;1H4/b10-9+;;;;/t23-;16-;;10-;/m00.0./s1. The van der Waals surface area contributed by atoms with Crippen molar-refractivity contribution in [2.24, 2.45) is 5.73 Å². The number of aromatic carboxylic acids is 1. The maximum atomic E-state index is 13.2. The molecule has 1 aliphatic carbocycles. The number of carboxylic acid groups (broad SMARTS) is 3. The van der Waals surface area contributed by atoms with Crippen LogP contribution in [-0.2, 0) is 111 Å². The molecule has 104 heavy (non-hydrogen) atoms. The molecular weight excluding hydrogens is 1530 g/mol. The molecular formula is C72H75Cl6N5O18S3. The highest BCUT2D eigenvalue weighted by atomic mass is 35.5. The van der Waals surface area contributed by atoms with E-state index < -0.39 is 83.3 Å². The molecule has 0 saturated carbocycles. The minimum Gasteiger partial charge on any atom is -0.507 e. The Labute approximate surface area is 632 Å². The molecule has 2 heterocycles. The Morgan fingerprint density at radius 3 is 1.47 bits per heavy atom. The van der Waals surface area contributed by atoms with Crippen LogP contribution in [0, 0.1) is 0 Å². The number of nitrogens with one attached hydrogen (secondary N) is 3. The van der Waals surface area contributed by atoms with Crippen LogP contribution in [0.4, 0.5) is 0 Å². The number of hydrogen-bond acceptors (Lipinski definition) is 17. The fourth-order valence-electron chi connectivity index (χ4n) is 11.3. The molecule has 0 aromatic heterocycles. The zero-order valence-corrected chi connectivity index (χ0v) is 62.6. The molecule has 3 aliphatic rings. The molecule has 7 aromatic carbocycles. The molecule has 2 aliphatic heterocycles.